The van der Waals surface area contributed by atoms with Crippen molar-refractivity contribution in [3.05, 3.63) is 42.0 Å². The molecule has 1 aromatic rings. The van der Waals surface area contributed by atoms with Crippen LogP contribution in [0.25, 0.3) is 0 Å². The molecule has 3 nitrogen and oxygen atoms in total. The third kappa shape index (κ3) is 3.53. The Bertz CT molecular complexity index is 1270. The molecular formula is C36H49NO2. The van der Waals surface area contributed by atoms with Crippen LogP contribution >= 0.6 is 0 Å². The number of benzene rings is 1. The Hall–Kier alpha value is -1.90. The molecule has 0 spiro atoms. The lowest BCUT2D eigenvalue weighted by atomic mass is 9.36. The summed E-state index contributed by atoms with van der Waals surface area (Å²) in [6, 6.07) is 5.56. The summed E-state index contributed by atoms with van der Waals surface area (Å²) in [5, 5.41) is 10.6. The highest BCUT2D eigenvalue weighted by Gasteiger charge is 2.68. The average molecular weight is 528 g/mol. The molecule has 210 valence electrons. The molecule has 5 unspecified atom stereocenters. The van der Waals surface area contributed by atoms with Gasteiger partial charge in [-0.25, -0.2) is 0 Å². The zero-order chi connectivity index (χ0) is 27.1. The Kier molecular flexibility index (Phi) is 4.65. The number of hydrogen-bond donors (Lipinski definition) is 2. The highest BCUT2D eigenvalue weighted by Crippen LogP contribution is 2.75. The fourth-order valence-electron chi connectivity index (χ4n) is 14.1. The van der Waals surface area contributed by atoms with Gasteiger partial charge in [-0.2, -0.15) is 0 Å². The van der Waals surface area contributed by atoms with Crippen molar-refractivity contribution in [1.29, 1.82) is 0 Å². The Labute approximate surface area is 235 Å². The number of allylic oxidation sites excluding steroid dienone is 2. The maximum atomic E-state index is 10.6. The van der Waals surface area contributed by atoms with Gasteiger partial charge in [-0.3, -0.25) is 0 Å². The molecule has 0 radical (unpaired) electrons. The minimum Gasteiger partial charge on any atom is -0.506 e. The van der Waals surface area contributed by atoms with Crippen molar-refractivity contribution in [2.24, 2.45) is 44.3 Å². The summed E-state index contributed by atoms with van der Waals surface area (Å²) in [4.78, 5) is 0. The highest BCUT2D eigenvalue weighted by molar-refractivity contribution is 5.55. The number of phenols is 1. The number of hydrogen-bond acceptors (Lipinski definition) is 3. The van der Waals surface area contributed by atoms with Crippen LogP contribution in [-0.4, -0.2) is 10.7 Å². The summed E-state index contributed by atoms with van der Waals surface area (Å²) in [7, 11) is 0. The van der Waals surface area contributed by atoms with Crippen LogP contribution in [0.4, 0.5) is 5.69 Å². The maximum absolute atomic E-state index is 10.6. The van der Waals surface area contributed by atoms with Crippen molar-refractivity contribution >= 4 is 5.69 Å². The van der Waals surface area contributed by atoms with Crippen LogP contribution in [0.3, 0.4) is 0 Å². The van der Waals surface area contributed by atoms with Gasteiger partial charge in [0, 0.05) is 17.9 Å². The number of ether oxygens (including phenoxy) is 1. The normalized spacial score (nSPS) is 52.8. The number of rotatable bonds is 4. The average Bonchev–Trinajstić information content (AvgIpc) is 2.77. The summed E-state index contributed by atoms with van der Waals surface area (Å²) in [5.41, 5.74) is 9.83. The van der Waals surface area contributed by atoms with E-state index in [0.717, 1.165) is 24.0 Å². The molecule has 5 atom stereocenters. The standard InChI is InChI=1S/C36H49NO2/c1-30-11-24-12-31(2,18-30)21-34(15-24,20-30)26-6-5-9-36(17-26,39-27-7-8-28(37)29(38)10-27)35-16-25-13-32(3,22-35)19-33(4,14-25)23-35/h5-8,10,17,24-25,38H,9,11-16,18-23,37H2,1-4H3. The van der Waals surface area contributed by atoms with E-state index in [1.165, 1.54) is 77.0 Å². The molecule has 8 bridgehead atoms. The van der Waals surface area contributed by atoms with E-state index in [2.05, 4.69) is 45.9 Å². The van der Waals surface area contributed by atoms with Crippen molar-refractivity contribution in [3.63, 3.8) is 0 Å². The van der Waals surface area contributed by atoms with E-state index < -0.39 is 0 Å². The molecule has 0 heterocycles. The van der Waals surface area contributed by atoms with Crippen LogP contribution in [0, 0.1) is 44.3 Å². The molecule has 8 fully saturated rings. The molecule has 0 saturated heterocycles. The molecule has 9 aliphatic carbocycles. The van der Waals surface area contributed by atoms with Gasteiger partial charge in [0.05, 0.1) is 5.69 Å². The lowest BCUT2D eigenvalue weighted by Crippen LogP contribution is -2.65. The molecule has 0 amide bonds. The molecule has 39 heavy (non-hydrogen) atoms. The van der Waals surface area contributed by atoms with E-state index in [4.69, 9.17) is 10.5 Å². The van der Waals surface area contributed by atoms with Crippen LogP contribution in [0.2, 0.25) is 0 Å². The Morgan fingerprint density at radius 2 is 1.36 bits per heavy atom. The fourth-order valence-corrected chi connectivity index (χ4v) is 14.1. The van der Waals surface area contributed by atoms with Gasteiger partial charge in [0.2, 0.25) is 0 Å². The van der Waals surface area contributed by atoms with Gasteiger partial charge >= 0.3 is 0 Å². The van der Waals surface area contributed by atoms with Crippen molar-refractivity contribution in [2.75, 3.05) is 5.73 Å². The Morgan fingerprint density at radius 1 is 0.769 bits per heavy atom. The van der Waals surface area contributed by atoms with Crippen molar-refractivity contribution in [2.45, 2.75) is 117 Å². The van der Waals surface area contributed by atoms with Crippen molar-refractivity contribution < 1.29 is 9.84 Å². The monoisotopic (exact) mass is 527 g/mol. The predicted octanol–water partition coefficient (Wildman–Crippen LogP) is 8.97. The molecule has 1 aromatic carbocycles. The number of nitrogen functional groups attached to an aromatic ring is 1. The minimum absolute atomic E-state index is 0.124. The Balaban J connectivity index is 1.28. The van der Waals surface area contributed by atoms with Gasteiger partial charge in [0.25, 0.3) is 0 Å². The molecule has 8 saturated carbocycles. The molecule has 9 aliphatic rings. The lowest BCUT2D eigenvalue weighted by molar-refractivity contribution is -0.202. The summed E-state index contributed by atoms with van der Waals surface area (Å²) in [6.45, 7) is 10.4. The first-order valence-electron chi connectivity index (χ1n) is 15.9. The quantitative estimate of drug-likeness (QED) is 0.303. The van der Waals surface area contributed by atoms with Crippen LogP contribution in [0.5, 0.6) is 11.5 Å². The van der Waals surface area contributed by atoms with E-state index in [0.29, 0.717) is 27.3 Å². The second-order valence-electron chi connectivity index (χ2n) is 17.7. The molecular weight excluding hydrogens is 478 g/mol. The number of phenolic OH excluding ortho intramolecular Hbond substituents is 1. The topological polar surface area (TPSA) is 55.5 Å². The maximum Gasteiger partial charge on any atom is 0.142 e. The molecule has 3 N–H and O–H groups in total. The van der Waals surface area contributed by atoms with Gasteiger partial charge in [0.15, 0.2) is 0 Å². The first-order chi connectivity index (χ1) is 18.3. The molecule has 0 aromatic heterocycles. The second-order valence-corrected chi connectivity index (χ2v) is 17.7. The van der Waals surface area contributed by atoms with E-state index in [1.54, 1.807) is 11.6 Å². The third-order valence-corrected chi connectivity index (χ3v) is 13.2. The Morgan fingerprint density at radius 3 is 1.92 bits per heavy atom. The second kappa shape index (κ2) is 7.29. The summed E-state index contributed by atoms with van der Waals surface area (Å²) in [6.07, 6.45) is 24.9. The van der Waals surface area contributed by atoms with E-state index in [9.17, 15) is 5.11 Å². The zero-order valence-corrected chi connectivity index (χ0v) is 24.7. The van der Waals surface area contributed by atoms with Crippen LogP contribution < -0.4 is 10.5 Å². The van der Waals surface area contributed by atoms with Crippen LogP contribution in [0.1, 0.15) is 111 Å². The van der Waals surface area contributed by atoms with Crippen LogP contribution in [-0.2, 0) is 0 Å². The fraction of sp³-hybridized carbons (Fsp3) is 0.722. The largest absolute Gasteiger partial charge is 0.506 e. The minimum atomic E-state index is -0.382. The first-order valence-corrected chi connectivity index (χ1v) is 15.9. The number of aromatic hydroxyl groups is 1. The number of anilines is 1. The zero-order valence-electron chi connectivity index (χ0n) is 24.7. The van der Waals surface area contributed by atoms with Gasteiger partial charge in [-0.1, -0.05) is 39.8 Å². The first kappa shape index (κ1) is 24.9. The molecule has 0 aliphatic heterocycles. The van der Waals surface area contributed by atoms with Crippen molar-refractivity contribution in [3.8, 4) is 11.5 Å². The smallest absolute Gasteiger partial charge is 0.142 e. The number of nitrogens with two attached hydrogens (primary N) is 1. The summed E-state index contributed by atoms with van der Waals surface area (Å²) in [5.74, 6) is 2.57. The third-order valence-electron chi connectivity index (χ3n) is 13.2. The van der Waals surface area contributed by atoms with Gasteiger partial charge in [-0.05, 0) is 140 Å². The van der Waals surface area contributed by atoms with Gasteiger partial charge in [-0.15, -0.1) is 0 Å². The van der Waals surface area contributed by atoms with Gasteiger partial charge in [0.1, 0.15) is 17.1 Å². The SMILES string of the molecule is CC12CC3CC(C)(C1)CC(C1=CC(Oc4ccc(N)c(O)c4)(C45CC6CC(C)(CC(C)(C6)C4)C5)CC=C1)(C3)C2. The van der Waals surface area contributed by atoms with Crippen molar-refractivity contribution in [1.82, 2.24) is 0 Å². The lowest BCUT2D eigenvalue weighted by Gasteiger charge is -2.70. The van der Waals surface area contributed by atoms with E-state index in [1.807, 2.05) is 12.1 Å². The molecule has 10 rings (SSSR count). The summed E-state index contributed by atoms with van der Waals surface area (Å²) < 4.78 is 7.35. The highest BCUT2D eigenvalue weighted by atomic mass is 16.5. The van der Waals surface area contributed by atoms with E-state index in [-0.39, 0.29) is 22.2 Å². The van der Waals surface area contributed by atoms with Crippen LogP contribution in [0.15, 0.2) is 42.0 Å². The predicted molar refractivity (Wildman–Crippen MR) is 157 cm³/mol. The van der Waals surface area contributed by atoms with E-state index >= 15 is 0 Å². The molecule has 3 heteroatoms. The summed E-state index contributed by atoms with van der Waals surface area (Å²) >= 11 is 0. The van der Waals surface area contributed by atoms with Gasteiger partial charge < -0.3 is 15.6 Å².